The van der Waals surface area contributed by atoms with E-state index in [9.17, 15) is 24.0 Å². The van der Waals surface area contributed by atoms with Gasteiger partial charge in [-0.2, -0.15) is 0 Å². The lowest BCUT2D eigenvalue weighted by Gasteiger charge is -2.15. The second-order valence-corrected chi connectivity index (χ2v) is 7.51. The number of rotatable bonds is 5. The number of hydrogen-bond donors (Lipinski definition) is 0. The summed E-state index contributed by atoms with van der Waals surface area (Å²) in [6.45, 7) is 0. The average Bonchev–Trinajstić information content (AvgIpc) is 3.15. The summed E-state index contributed by atoms with van der Waals surface area (Å²) in [5, 5.41) is -0.316. The lowest BCUT2D eigenvalue weighted by molar-refractivity contribution is -0.165. The number of carbonyl (C=O) groups excluding carboxylic acids is 5. The fourth-order valence-corrected chi connectivity index (χ4v) is 4.03. The van der Waals surface area contributed by atoms with E-state index in [1.165, 1.54) is 12.1 Å². The van der Waals surface area contributed by atoms with Gasteiger partial charge in [0.25, 0.3) is 11.8 Å². The molecule has 1 unspecified atom stereocenters. The summed E-state index contributed by atoms with van der Waals surface area (Å²) in [7, 11) is 0. The zero-order chi connectivity index (χ0) is 20.5. The molecule has 0 aromatic heterocycles. The minimum absolute atomic E-state index is 0.0430. The Kier molecular flexibility index (Phi) is 4.89. The number of fused-ring (bicyclic) bond motifs is 1. The first-order chi connectivity index (χ1) is 14.0. The Morgan fingerprint density at radius 3 is 2.14 bits per heavy atom. The van der Waals surface area contributed by atoms with E-state index in [1.807, 2.05) is 0 Å². The van der Waals surface area contributed by atoms with Crippen molar-refractivity contribution >= 4 is 47.0 Å². The standard InChI is InChI=1S/C20H14N2O6S/c23-16-10-15(20(27)21(16)12-6-2-1-3-7-12)29-11-17(24)28-22-18(25)13-8-4-5-9-14(13)19(22)26/h1-9,15H,10-11H2. The van der Waals surface area contributed by atoms with Crippen LogP contribution in [0.2, 0.25) is 0 Å². The summed E-state index contributed by atoms with van der Waals surface area (Å²) in [6, 6.07) is 14.7. The number of hydrogen-bond acceptors (Lipinski definition) is 7. The van der Waals surface area contributed by atoms with Gasteiger partial charge in [0, 0.05) is 6.42 Å². The molecule has 0 aliphatic carbocycles. The van der Waals surface area contributed by atoms with Gasteiger partial charge in [-0.3, -0.25) is 19.2 Å². The molecular weight excluding hydrogens is 396 g/mol. The Morgan fingerprint density at radius 2 is 1.52 bits per heavy atom. The molecule has 0 N–H and O–H groups in total. The largest absolute Gasteiger partial charge is 0.343 e. The molecule has 2 aliphatic heterocycles. The van der Waals surface area contributed by atoms with Crippen LogP contribution in [0.3, 0.4) is 0 Å². The summed E-state index contributed by atoms with van der Waals surface area (Å²) >= 11 is 0.936. The van der Waals surface area contributed by atoms with Crippen LogP contribution in [0, 0.1) is 0 Å². The van der Waals surface area contributed by atoms with Gasteiger partial charge in [0.1, 0.15) is 0 Å². The van der Waals surface area contributed by atoms with Gasteiger partial charge in [-0.05, 0) is 24.3 Å². The summed E-state index contributed by atoms with van der Waals surface area (Å²) < 4.78 is 0. The summed E-state index contributed by atoms with van der Waals surface area (Å²) in [4.78, 5) is 67.3. The molecule has 9 heteroatoms. The van der Waals surface area contributed by atoms with E-state index < -0.39 is 28.9 Å². The third kappa shape index (κ3) is 3.40. The van der Waals surface area contributed by atoms with Gasteiger partial charge in [0.05, 0.1) is 27.8 Å². The molecule has 1 fully saturated rings. The summed E-state index contributed by atoms with van der Waals surface area (Å²) in [6.07, 6.45) is -0.0430. The molecule has 0 spiro atoms. The molecule has 29 heavy (non-hydrogen) atoms. The van der Waals surface area contributed by atoms with Gasteiger partial charge in [-0.1, -0.05) is 35.4 Å². The first-order valence-electron chi connectivity index (χ1n) is 8.69. The number of hydroxylamine groups is 2. The van der Waals surface area contributed by atoms with E-state index in [0.717, 1.165) is 16.7 Å². The maximum Gasteiger partial charge on any atom is 0.343 e. The number of imide groups is 2. The number of para-hydroxylation sites is 1. The molecule has 8 nitrogen and oxygen atoms in total. The molecule has 1 atom stereocenters. The van der Waals surface area contributed by atoms with Crippen LogP contribution in [0.15, 0.2) is 54.6 Å². The molecule has 0 bridgehead atoms. The van der Waals surface area contributed by atoms with Crippen molar-refractivity contribution < 1.29 is 28.8 Å². The Balaban J connectivity index is 1.36. The Bertz CT molecular complexity index is 1000. The van der Waals surface area contributed by atoms with E-state index in [1.54, 1.807) is 42.5 Å². The highest BCUT2D eigenvalue weighted by molar-refractivity contribution is 8.01. The predicted octanol–water partition coefficient (Wildman–Crippen LogP) is 1.81. The second-order valence-electron chi connectivity index (χ2n) is 6.32. The SMILES string of the molecule is O=C(CSC1CC(=O)N(c2ccccc2)C1=O)ON1C(=O)c2ccccc2C1=O. The fraction of sp³-hybridized carbons (Fsp3) is 0.150. The van der Waals surface area contributed by atoms with Crippen molar-refractivity contribution in [2.75, 3.05) is 10.7 Å². The lowest BCUT2D eigenvalue weighted by atomic mass is 10.1. The summed E-state index contributed by atoms with van der Waals surface area (Å²) in [5.41, 5.74) is 0.792. The maximum atomic E-state index is 12.5. The minimum atomic E-state index is -0.858. The van der Waals surface area contributed by atoms with Crippen molar-refractivity contribution in [1.82, 2.24) is 5.06 Å². The van der Waals surface area contributed by atoms with E-state index >= 15 is 0 Å². The van der Waals surface area contributed by atoms with Gasteiger partial charge in [0.2, 0.25) is 11.8 Å². The van der Waals surface area contributed by atoms with Gasteiger partial charge >= 0.3 is 5.97 Å². The molecule has 2 aromatic carbocycles. The first kappa shape index (κ1) is 18.9. The number of thioether (sulfide) groups is 1. The van der Waals surface area contributed by atoms with E-state index in [2.05, 4.69) is 0 Å². The number of carbonyl (C=O) groups is 5. The van der Waals surface area contributed by atoms with E-state index in [0.29, 0.717) is 10.8 Å². The van der Waals surface area contributed by atoms with Gasteiger partial charge in [-0.15, -0.1) is 11.8 Å². The van der Waals surface area contributed by atoms with Crippen LogP contribution in [0.5, 0.6) is 0 Å². The maximum absolute atomic E-state index is 12.5. The smallest absolute Gasteiger partial charge is 0.329 e. The number of benzene rings is 2. The topological polar surface area (TPSA) is 101 Å². The number of anilines is 1. The van der Waals surface area contributed by atoms with Gasteiger partial charge in [0.15, 0.2) is 0 Å². The van der Waals surface area contributed by atoms with Crippen molar-refractivity contribution in [2.24, 2.45) is 0 Å². The monoisotopic (exact) mass is 410 g/mol. The zero-order valence-corrected chi connectivity index (χ0v) is 15.8. The second kappa shape index (κ2) is 7.51. The van der Waals surface area contributed by atoms with Crippen LogP contribution < -0.4 is 4.90 Å². The molecule has 4 rings (SSSR count). The molecule has 0 radical (unpaired) electrons. The number of amides is 4. The van der Waals surface area contributed by atoms with Gasteiger partial charge < -0.3 is 4.84 Å². The lowest BCUT2D eigenvalue weighted by Crippen LogP contribution is -2.34. The quantitative estimate of drug-likeness (QED) is 0.693. The third-order valence-electron chi connectivity index (χ3n) is 4.47. The van der Waals surface area contributed by atoms with Crippen molar-refractivity contribution in [3.05, 3.63) is 65.7 Å². The zero-order valence-electron chi connectivity index (χ0n) is 14.9. The Morgan fingerprint density at radius 1 is 0.931 bits per heavy atom. The van der Waals surface area contributed by atoms with Crippen LogP contribution in [0.1, 0.15) is 27.1 Å². The highest BCUT2D eigenvalue weighted by Gasteiger charge is 2.41. The van der Waals surface area contributed by atoms with Crippen LogP contribution >= 0.6 is 11.8 Å². The van der Waals surface area contributed by atoms with Crippen molar-refractivity contribution in [3.63, 3.8) is 0 Å². The van der Waals surface area contributed by atoms with Crippen molar-refractivity contribution in [3.8, 4) is 0 Å². The van der Waals surface area contributed by atoms with Crippen LogP contribution in [-0.2, 0) is 19.2 Å². The Hall–Kier alpha value is -3.46. The van der Waals surface area contributed by atoms with Crippen LogP contribution in [-0.4, -0.2) is 45.7 Å². The molecule has 2 aromatic rings. The molecule has 2 heterocycles. The minimum Gasteiger partial charge on any atom is -0.329 e. The fourth-order valence-electron chi connectivity index (χ4n) is 3.13. The predicted molar refractivity (Wildman–Crippen MR) is 103 cm³/mol. The molecule has 146 valence electrons. The third-order valence-corrected chi connectivity index (χ3v) is 5.64. The molecule has 0 saturated carbocycles. The van der Waals surface area contributed by atoms with E-state index in [4.69, 9.17) is 4.84 Å². The average molecular weight is 410 g/mol. The van der Waals surface area contributed by atoms with E-state index in [-0.39, 0.29) is 29.2 Å². The highest BCUT2D eigenvalue weighted by Crippen LogP contribution is 2.30. The Labute approximate surface area is 169 Å². The highest BCUT2D eigenvalue weighted by atomic mass is 32.2. The molecule has 2 aliphatic rings. The number of nitrogens with zero attached hydrogens (tertiary/aromatic N) is 2. The van der Waals surface area contributed by atoms with Crippen molar-refractivity contribution in [2.45, 2.75) is 11.7 Å². The summed E-state index contributed by atoms with van der Waals surface area (Å²) in [5.74, 6) is -3.35. The van der Waals surface area contributed by atoms with Crippen LogP contribution in [0.25, 0.3) is 0 Å². The first-order valence-corrected chi connectivity index (χ1v) is 9.74. The van der Waals surface area contributed by atoms with Crippen LogP contribution in [0.4, 0.5) is 5.69 Å². The molecular formula is C20H14N2O6S. The molecule has 1 saturated heterocycles. The molecule has 4 amide bonds. The normalized spacial score (nSPS) is 18.4. The van der Waals surface area contributed by atoms with Gasteiger partial charge in [-0.25, -0.2) is 9.69 Å². The van der Waals surface area contributed by atoms with Crippen molar-refractivity contribution in [1.29, 1.82) is 0 Å².